The van der Waals surface area contributed by atoms with Crippen LogP contribution in [-0.2, 0) is 0 Å². The molecule has 1 amide bonds. The van der Waals surface area contributed by atoms with Gasteiger partial charge in [-0.05, 0) is 30.3 Å². The Morgan fingerprint density at radius 2 is 1.95 bits per heavy atom. The zero-order valence-corrected chi connectivity index (χ0v) is 10.8. The van der Waals surface area contributed by atoms with Crippen LogP contribution >= 0.6 is 0 Å². The van der Waals surface area contributed by atoms with Crippen molar-refractivity contribution in [3.8, 4) is 5.75 Å². The monoisotopic (exact) mass is 257 g/mol. The lowest BCUT2D eigenvalue weighted by Crippen LogP contribution is -2.27. The molecule has 0 aliphatic heterocycles. The molecular formula is C14H15N3O2. The highest BCUT2D eigenvalue weighted by atomic mass is 16.5. The van der Waals surface area contributed by atoms with E-state index in [0.717, 1.165) is 5.69 Å². The fourth-order valence-electron chi connectivity index (χ4n) is 1.71. The van der Waals surface area contributed by atoms with Gasteiger partial charge in [-0.2, -0.15) is 0 Å². The number of carbonyl (C=O) groups is 1. The normalized spacial score (nSPS) is 10.0. The van der Waals surface area contributed by atoms with E-state index in [9.17, 15) is 4.79 Å². The minimum absolute atomic E-state index is 0.192. The van der Waals surface area contributed by atoms with Crippen molar-refractivity contribution in [1.29, 1.82) is 0 Å². The molecule has 0 saturated heterocycles. The van der Waals surface area contributed by atoms with E-state index in [-0.39, 0.29) is 5.91 Å². The first-order valence-electron chi connectivity index (χ1n) is 5.75. The van der Waals surface area contributed by atoms with Gasteiger partial charge in [0.2, 0.25) is 0 Å². The van der Waals surface area contributed by atoms with Crippen LogP contribution in [0.25, 0.3) is 0 Å². The van der Waals surface area contributed by atoms with Crippen molar-refractivity contribution >= 4 is 17.3 Å². The van der Waals surface area contributed by atoms with Crippen LogP contribution in [-0.4, -0.2) is 25.0 Å². The van der Waals surface area contributed by atoms with Crippen molar-refractivity contribution in [3.05, 3.63) is 48.3 Å². The SMILES string of the molecule is COc1ccc(N)c(C(=O)N(C)c2ccncc2)c1. The van der Waals surface area contributed by atoms with Gasteiger partial charge in [-0.15, -0.1) is 0 Å². The molecule has 19 heavy (non-hydrogen) atoms. The number of nitrogens with zero attached hydrogens (tertiary/aromatic N) is 2. The number of hydrogen-bond donors (Lipinski definition) is 1. The molecule has 1 heterocycles. The number of nitrogens with two attached hydrogens (primary N) is 1. The molecule has 1 aromatic heterocycles. The molecule has 0 bridgehead atoms. The quantitative estimate of drug-likeness (QED) is 0.853. The molecule has 0 fully saturated rings. The van der Waals surface area contributed by atoms with Crippen molar-refractivity contribution in [3.63, 3.8) is 0 Å². The summed E-state index contributed by atoms with van der Waals surface area (Å²) in [6, 6.07) is 8.53. The Kier molecular flexibility index (Phi) is 3.66. The molecule has 2 rings (SSSR count). The van der Waals surface area contributed by atoms with Gasteiger partial charge in [0.1, 0.15) is 5.75 Å². The number of aromatic nitrogens is 1. The maximum atomic E-state index is 12.4. The third-order valence-electron chi connectivity index (χ3n) is 2.85. The van der Waals surface area contributed by atoms with Crippen molar-refractivity contribution in [1.82, 2.24) is 4.98 Å². The summed E-state index contributed by atoms with van der Waals surface area (Å²) in [5, 5.41) is 0. The standard InChI is InChI=1S/C14H15N3O2/c1-17(10-5-7-16-8-6-10)14(18)12-9-11(19-2)3-4-13(12)15/h3-9H,15H2,1-2H3. The fourth-order valence-corrected chi connectivity index (χ4v) is 1.71. The maximum Gasteiger partial charge on any atom is 0.260 e. The van der Waals surface area contributed by atoms with Crippen molar-refractivity contribution in [2.24, 2.45) is 0 Å². The molecule has 2 aromatic rings. The average molecular weight is 257 g/mol. The van der Waals surface area contributed by atoms with Gasteiger partial charge in [0.15, 0.2) is 0 Å². The Labute approximate surface area is 111 Å². The minimum atomic E-state index is -0.192. The number of hydrogen-bond acceptors (Lipinski definition) is 4. The van der Waals surface area contributed by atoms with Gasteiger partial charge in [-0.25, -0.2) is 0 Å². The number of carbonyl (C=O) groups excluding carboxylic acids is 1. The molecule has 98 valence electrons. The van der Waals surface area contributed by atoms with E-state index in [1.807, 2.05) is 0 Å². The lowest BCUT2D eigenvalue weighted by atomic mass is 10.1. The van der Waals surface area contributed by atoms with Gasteiger partial charge in [-0.1, -0.05) is 0 Å². The fraction of sp³-hybridized carbons (Fsp3) is 0.143. The third-order valence-corrected chi connectivity index (χ3v) is 2.85. The molecule has 0 aliphatic carbocycles. The topological polar surface area (TPSA) is 68.5 Å². The van der Waals surface area contributed by atoms with E-state index >= 15 is 0 Å². The van der Waals surface area contributed by atoms with Gasteiger partial charge in [-0.3, -0.25) is 9.78 Å². The zero-order valence-electron chi connectivity index (χ0n) is 10.8. The van der Waals surface area contributed by atoms with Gasteiger partial charge in [0.25, 0.3) is 5.91 Å². The predicted octanol–water partition coefficient (Wildman–Crippen LogP) is 1.95. The molecule has 0 aliphatic rings. The highest BCUT2D eigenvalue weighted by Gasteiger charge is 2.16. The summed E-state index contributed by atoms with van der Waals surface area (Å²) in [4.78, 5) is 17.8. The summed E-state index contributed by atoms with van der Waals surface area (Å²) in [5.74, 6) is 0.406. The van der Waals surface area contributed by atoms with Gasteiger partial charge in [0, 0.05) is 30.8 Å². The number of methoxy groups -OCH3 is 1. The zero-order chi connectivity index (χ0) is 13.8. The van der Waals surface area contributed by atoms with E-state index in [2.05, 4.69) is 4.98 Å². The first kappa shape index (κ1) is 12.9. The van der Waals surface area contributed by atoms with E-state index in [0.29, 0.717) is 17.0 Å². The number of anilines is 2. The molecule has 0 radical (unpaired) electrons. The van der Waals surface area contributed by atoms with Crippen LogP contribution in [0, 0.1) is 0 Å². The van der Waals surface area contributed by atoms with Crippen molar-refractivity contribution in [2.75, 3.05) is 24.8 Å². The Bertz CT molecular complexity index is 584. The molecule has 0 saturated carbocycles. The molecule has 0 atom stereocenters. The number of nitrogen functional groups attached to an aromatic ring is 1. The van der Waals surface area contributed by atoms with Crippen molar-refractivity contribution < 1.29 is 9.53 Å². The van der Waals surface area contributed by atoms with Crippen molar-refractivity contribution in [2.45, 2.75) is 0 Å². The van der Waals surface area contributed by atoms with E-state index in [4.69, 9.17) is 10.5 Å². The number of ether oxygens (including phenoxy) is 1. The summed E-state index contributed by atoms with van der Waals surface area (Å²) >= 11 is 0. The number of amides is 1. The van der Waals surface area contributed by atoms with Crippen LogP contribution in [0.1, 0.15) is 10.4 Å². The Morgan fingerprint density at radius 3 is 2.58 bits per heavy atom. The van der Waals surface area contributed by atoms with Crippen LogP contribution < -0.4 is 15.4 Å². The van der Waals surface area contributed by atoms with Gasteiger partial charge in [0.05, 0.1) is 12.7 Å². The Morgan fingerprint density at radius 1 is 1.26 bits per heavy atom. The van der Waals surface area contributed by atoms with Gasteiger partial charge >= 0.3 is 0 Å². The summed E-state index contributed by atoms with van der Waals surface area (Å²) in [6.07, 6.45) is 3.27. The first-order chi connectivity index (χ1) is 9.13. The Hall–Kier alpha value is -2.56. The molecule has 1 aromatic carbocycles. The highest BCUT2D eigenvalue weighted by molar-refractivity contribution is 6.09. The number of rotatable bonds is 3. The summed E-state index contributed by atoms with van der Waals surface area (Å²) in [5.41, 5.74) is 7.44. The second-order valence-electron chi connectivity index (χ2n) is 4.02. The lowest BCUT2D eigenvalue weighted by Gasteiger charge is -2.18. The summed E-state index contributed by atoms with van der Waals surface area (Å²) in [6.45, 7) is 0. The average Bonchev–Trinajstić information content (AvgIpc) is 2.47. The molecular weight excluding hydrogens is 242 g/mol. The second-order valence-corrected chi connectivity index (χ2v) is 4.02. The van der Waals surface area contributed by atoms with Crippen LogP contribution in [0.3, 0.4) is 0 Å². The maximum absolute atomic E-state index is 12.4. The van der Waals surface area contributed by atoms with E-state index in [1.165, 1.54) is 4.90 Å². The van der Waals surface area contributed by atoms with Crippen LogP contribution in [0.5, 0.6) is 5.75 Å². The Balaban J connectivity index is 2.34. The molecule has 2 N–H and O–H groups in total. The molecule has 0 unspecified atom stereocenters. The van der Waals surface area contributed by atoms with Crippen LogP contribution in [0.4, 0.5) is 11.4 Å². The van der Waals surface area contributed by atoms with E-state index < -0.39 is 0 Å². The predicted molar refractivity (Wildman–Crippen MR) is 74.4 cm³/mol. The largest absolute Gasteiger partial charge is 0.497 e. The lowest BCUT2D eigenvalue weighted by molar-refractivity contribution is 0.0993. The van der Waals surface area contributed by atoms with Gasteiger partial charge < -0.3 is 15.4 Å². The van der Waals surface area contributed by atoms with E-state index in [1.54, 1.807) is 56.9 Å². The summed E-state index contributed by atoms with van der Waals surface area (Å²) in [7, 11) is 3.24. The van der Waals surface area contributed by atoms with Crippen LogP contribution in [0.15, 0.2) is 42.7 Å². The second kappa shape index (κ2) is 5.39. The number of pyridine rings is 1. The molecule has 5 heteroatoms. The minimum Gasteiger partial charge on any atom is -0.497 e. The molecule has 0 spiro atoms. The number of benzene rings is 1. The highest BCUT2D eigenvalue weighted by Crippen LogP contribution is 2.22. The smallest absolute Gasteiger partial charge is 0.260 e. The first-order valence-corrected chi connectivity index (χ1v) is 5.75. The third kappa shape index (κ3) is 2.65. The van der Waals surface area contributed by atoms with Crippen LogP contribution in [0.2, 0.25) is 0 Å². The summed E-state index contributed by atoms with van der Waals surface area (Å²) < 4.78 is 5.11. The molecule has 5 nitrogen and oxygen atoms in total.